The maximum Gasteiger partial charge on any atom is 0.251 e. The molecule has 0 unspecified atom stereocenters. The van der Waals surface area contributed by atoms with Gasteiger partial charge in [-0.3, -0.25) is 9.59 Å². The summed E-state index contributed by atoms with van der Waals surface area (Å²) in [5.74, 6) is 0.286. The number of pyridine rings is 1. The van der Waals surface area contributed by atoms with E-state index in [-0.39, 0.29) is 11.8 Å². The van der Waals surface area contributed by atoms with Crippen molar-refractivity contribution in [1.29, 1.82) is 0 Å². The van der Waals surface area contributed by atoms with Gasteiger partial charge in [-0.1, -0.05) is 29.8 Å². The number of benzene rings is 2. The average Bonchev–Trinajstić information content (AvgIpc) is 2.69. The first-order chi connectivity index (χ1) is 13.5. The van der Waals surface area contributed by atoms with Crippen molar-refractivity contribution in [3.8, 4) is 0 Å². The smallest absolute Gasteiger partial charge is 0.251 e. The Kier molecular flexibility index (Phi) is 6.01. The fourth-order valence-corrected chi connectivity index (χ4v) is 2.62. The maximum atomic E-state index is 12.4. The highest BCUT2D eigenvalue weighted by Crippen LogP contribution is 2.18. The van der Waals surface area contributed by atoms with Crippen molar-refractivity contribution in [2.75, 3.05) is 10.6 Å². The summed E-state index contributed by atoms with van der Waals surface area (Å²) in [6.45, 7) is 3.96. The molecule has 0 radical (unpaired) electrons. The Hall–Kier alpha value is -3.67. The van der Waals surface area contributed by atoms with Crippen molar-refractivity contribution in [2.24, 2.45) is 0 Å². The summed E-state index contributed by atoms with van der Waals surface area (Å²) in [5.41, 5.74) is 4.28. The number of hydrogen-bond acceptors (Lipinski definition) is 4. The number of anilines is 3. The van der Waals surface area contributed by atoms with Gasteiger partial charge in [0.1, 0.15) is 5.82 Å². The second-order valence-corrected chi connectivity index (χ2v) is 6.48. The van der Waals surface area contributed by atoms with Gasteiger partial charge in [0.2, 0.25) is 5.91 Å². The normalized spacial score (nSPS) is 10.2. The molecular weight excluding hydrogens is 352 g/mol. The molecule has 2 amide bonds. The van der Waals surface area contributed by atoms with Crippen molar-refractivity contribution >= 4 is 29.0 Å². The lowest BCUT2D eigenvalue weighted by atomic mass is 10.1. The van der Waals surface area contributed by atoms with Crippen LogP contribution in [0.5, 0.6) is 0 Å². The first-order valence-electron chi connectivity index (χ1n) is 8.94. The second kappa shape index (κ2) is 8.81. The molecule has 1 heterocycles. The van der Waals surface area contributed by atoms with Crippen LogP contribution in [0, 0.1) is 6.92 Å². The van der Waals surface area contributed by atoms with E-state index in [1.54, 1.807) is 30.5 Å². The zero-order valence-electron chi connectivity index (χ0n) is 15.8. The fourth-order valence-electron chi connectivity index (χ4n) is 2.62. The molecule has 0 bridgehead atoms. The van der Waals surface area contributed by atoms with E-state index in [9.17, 15) is 9.59 Å². The Morgan fingerprint density at radius 2 is 1.61 bits per heavy atom. The largest absolute Gasteiger partial charge is 0.348 e. The van der Waals surface area contributed by atoms with E-state index in [1.165, 1.54) is 12.5 Å². The van der Waals surface area contributed by atoms with Crippen LogP contribution in [0.1, 0.15) is 28.4 Å². The van der Waals surface area contributed by atoms with Crippen LogP contribution in [-0.4, -0.2) is 16.8 Å². The van der Waals surface area contributed by atoms with Crippen molar-refractivity contribution in [3.05, 3.63) is 83.6 Å². The minimum atomic E-state index is -0.160. The quantitative estimate of drug-likeness (QED) is 0.608. The van der Waals surface area contributed by atoms with Gasteiger partial charge in [-0.25, -0.2) is 4.98 Å². The predicted octanol–water partition coefficient (Wildman–Crippen LogP) is 4.02. The molecule has 6 nitrogen and oxygen atoms in total. The lowest BCUT2D eigenvalue weighted by molar-refractivity contribution is -0.114. The van der Waals surface area contributed by atoms with Crippen molar-refractivity contribution in [1.82, 2.24) is 10.3 Å². The molecule has 0 spiro atoms. The first kappa shape index (κ1) is 19.1. The summed E-state index contributed by atoms with van der Waals surface area (Å²) in [5, 5.41) is 8.79. The molecule has 28 heavy (non-hydrogen) atoms. The van der Waals surface area contributed by atoms with Crippen LogP contribution in [-0.2, 0) is 11.3 Å². The molecule has 0 aliphatic rings. The molecule has 3 aromatic rings. The Balaban J connectivity index is 1.62. The van der Waals surface area contributed by atoms with Crippen LogP contribution in [0.15, 0.2) is 66.9 Å². The maximum absolute atomic E-state index is 12.4. The Morgan fingerprint density at radius 3 is 2.29 bits per heavy atom. The number of amides is 2. The summed E-state index contributed by atoms with van der Waals surface area (Å²) in [4.78, 5) is 27.8. The third-order valence-electron chi connectivity index (χ3n) is 4.07. The summed E-state index contributed by atoms with van der Waals surface area (Å²) in [6, 6.07) is 18.7. The first-order valence-corrected chi connectivity index (χ1v) is 8.94. The predicted molar refractivity (Wildman–Crippen MR) is 111 cm³/mol. The topological polar surface area (TPSA) is 83.1 Å². The third-order valence-corrected chi connectivity index (χ3v) is 4.07. The van der Waals surface area contributed by atoms with Gasteiger partial charge < -0.3 is 16.0 Å². The SMILES string of the molecule is CC(=O)Nc1ccc(Nc2cc(C(=O)NCc3ccc(C)cc3)ccn2)cc1. The number of aryl methyl sites for hydroxylation is 1. The van der Waals surface area contributed by atoms with Crippen LogP contribution in [0.4, 0.5) is 17.2 Å². The molecule has 6 heteroatoms. The number of nitrogens with one attached hydrogen (secondary N) is 3. The van der Waals surface area contributed by atoms with E-state index in [4.69, 9.17) is 0 Å². The molecule has 0 saturated heterocycles. The standard InChI is InChI=1S/C22H22N4O2/c1-15-3-5-17(6-4-15)14-24-22(28)18-11-12-23-21(13-18)26-20-9-7-19(8-10-20)25-16(2)27/h3-13H,14H2,1-2H3,(H,23,26)(H,24,28)(H,25,27). The monoisotopic (exact) mass is 374 g/mol. The number of hydrogen-bond donors (Lipinski definition) is 3. The van der Waals surface area contributed by atoms with Gasteiger partial charge in [0.25, 0.3) is 5.91 Å². The van der Waals surface area contributed by atoms with Crippen LogP contribution in [0.25, 0.3) is 0 Å². The van der Waals surface area contributed by atoms with Gasteiger partial charge >= 0.3 is 0 Å². The van der Waals surface area contributed by atoms with E-state index < -0.39 is 0 Å². The number of carbonyl (C=O) groups is 2. The Bertz CT molecular complexity index is 967. The van der Waals surface area contributed by atoms with E-state index in [2.05, 4.69) is 20.9 Å². The van der Waals surface area contributed by atoms with Crippen LogP contribution in [0.3, 0.4) is 0 Å². The van der Waals surface area contributed by atoms with Crippen LogP contribution >= 0.6 is 0 Å². The molecule has 1 aromatic heterocycles. The fraction of sp³-hybridized carbons (Fsp3) is 0.136. The van der Waals surface area contributed by atoms with Gasteiger partial charge in [0.15, 0.2) is 0 Å². The lowest BCUT2D eigenvalue weighted by Gasteiger charge is -2.09. The van der Waals surface area contributed by atoms with Gasteiger partial charge in [0.05, 0.1) is 0 Å². The third kappa shape index (κ3) is 5.41. The molecule has 3 rings (SSSR count). The summed E-state index contributed by atoms with van der Waals surface area (Å²) >= 11 is 0. The van der Waals surface area contributed by atoms with E-state index >= 15 is 0 Å². The zero-order valence-corrected chi connectivity index (χ0v) is 15.8. The van der Waals surface area contributed by atoms with Crippen LogP contribution in [0.2, 0.25) is 0 Å². The van der Waals surface area contributed by atoms with Gasteiger partial charge in [0, 0.05) is 36.6 Å². The van der Waals surface area contributed by atoms with Gasteiger partial charge in [-0.2, -0.15) is 0 Å². The summed E-state index contributed by atoms with van der Waals surface area (Å²) < 4.78 is 0. The van der Waals surface area contributed by atoms with E-state index in [1.807, 2.05) is 43.3 Å². The van der Waals surface area contributed by atoms with Gasteiger partial charge in [-0.05, 0) is 48.9 Å². The lowest BCUT2D eigenvalue weighted by Crippen LogP contribution is -2.22. The van der Waals surface area contributed by atoms with Crippen LogP contribution < -0.4 is 16.0 Å². The Morgan fingerprint density at radius 1 is 0.929 bits per heavy atom. The minimum Gasteiger partial charge on any atom is -0.348 e. The molecule has 142 valence electrons. The molecule has 0 aliphatic carbocycles. The van der Waals surface area contributed by atoms with Gasteiger partial charge in [-0.15, -0.1) is 0 Å². The number of nitrogens with zero attached hydrogens (tertiary/aromatic N) is 1. The minimum absolute atomic E-state index is 0.119. The molecule has 0 aliphatic heterocycles. The average molecular weight is 374 g/mol. The number of aromatic nitrogens is 1. The highest BCUT2D eigenvalue weighted by molar-refractivity contribution is 5.95. The second-order valence-electron chi connectivity index (χ2n) is 6.48. The Labute approximate surface area is 164 Å². The van der Waals surface area contributed by atoms with E-state index in [0.29, 0.717) is 17.9 Å². The van der Waals surface area contributed by atoms with E-state index in [0.717, 1.165) is 16.9 Å². The van der Waals surface area contributed by atoms with Crippen molar-refractivity contribution in [3.63, 3.8) is 0 Å². The highest BCUT2D eigenvalue weighted by Gasteiger charge is 2.07. The molecule has 0 atom stereocenters. The molecule has 0 fully saturated rings. The molecular formula is C22H22N4O2. The highest BCUT2D eigenvalue weighted by atomic mass is 16.2. The summed E-state index contributed by atoms with van der Waals surface area (Å²) in [6.07, 6.45) is 1.59. The van der Waals surface area contributed by atoms with Crippen molar-refractivity contribution < 1.29 is 9.59 Å². The number of rotatable bonds is 6. The van der Waals surface area contributed by atoms with Crippen molar-refractivity contribution in [2.45, 2.75) is 20.4 Å². The number of carbonyl (C=O) groups excluding carboxylic acids is 2. The molecule has 0 saturated carbocycles. The zero-order chi connectivity index (χ0) is 19.9. The molecule has 3 N–H and O–H groups in total. The summed E-state index contributed by atoms with van der Waals surface area (Å²) in [7, 11) is 0. The molecule has 2 aromatic carbocycles.